The molecule has 0 aliphatic heterocycles. The molecule has 0 radical (unpaired) electrons. The molecule has 0 aliphatic rings. The summed E-state index contributed by atoms with van der Waals surface area (Å²) in [7, 11) is 0. The van der Waals surface area contributed by atoms with E-state index in [1.54, 1.807) is 18.2 Å². The molecule has 2 rings (SSSR count). The van der Waals surface area contributed by atoms with Crippen LogP contribution in [0.4, 0.5) is 4.39 Å². The number of rotatable bonds is 5. The van der Waals surface area contributed by atoms with Crippen LogP contribution in [-0.2, 0) is 19.4 Å². The second-order valence-electron chi connectivity index (χ2n) is 4.69. The Morgan fingerprint density at radius 2 is 1.90 bits per heavy atom. The van der Waals surface area contributed by atoms with Crippen molar-refractivity contribution in [2.45, 2.75) is 26.4 Å². The predicted octanol–water partition coefficient (Wildman–Crippen LogP) is 3.31. The Morgan fingerprint density at radius 3 is 2.55 bits per heavy atom. The molecule has 0 spiro atoms. The third kappa shape index (κ3) is 3.11. The van der Waals surface area contributed by atoms with Crippen LogP contribution in [0.25, 0.3) is 0 Å². The quantitative estimate of drug-likeness (QED) is 0.848. The van der Waals surface area contributed by atoms with Gasteiger partial charge in [-0.05, 0) is 35.2 Å². The molecular formula is C17H17FO2. The van der Waals surface area contributed by atoms with Gasteiger partial charge >= 0.3 is 0 Å². The largest absolute Gasteiger partial charge is 0.392 e. The number of ketones is 1. The minimum absolute atomic E-state index is 0.0193. The SMILES string of the molecule is CCc1cc(CO)ccc1CC(=O)c1ccccc1F. The molecule has 20 heavy (non-hydrogen) atoms. The first-order chi connectivity index (χ1) is 9.65. The lowest BCUT2D eigenvalue weighted by Gasteiger charge is -2.09. The third-order valence-corrected chi connectivity index (χ3v) is 3.36. The van der Waals surface area contributed by atoms with Crippen molar-refractivity contribution in [3.05, 3.63) is 70.5 Å². The summed E-state index contributed by atoms with van der Waals surface area (Å²) >= 11 is 0. The standard InChI is InChI=1S/C17H17FO2/c1-2-13-9-12(11-19)7-8-14(13)10-17(20)15-5-3-4-6-16(15)18/h3-9,19H,2,10-11H2,1H3. The van der Waals surface area contributed by atoms with Gasteiger partial charge in [-0.25, -0.2) is 4.39 Å². The number of aliphatic hydroxyl groups is 1. The fraction of sp³-hybridized carbons (Fsp3) is 0.235. The molecule has 0 atom stereocenters. The summed E-state index contributed by atoms with van der Waals surface area (Å²) in [6.07, 6.45) is 0.948. The maximum atomic E-state index is 13.6. The van der Waals surface area contributed by atoms with Gasteiger partial charge in [-0.2, -0.15) is 0 Å². The van der Waals surface area contributed by atoms with Crippen molar-refractivity contribution in [1.82, 2.24) is 0 Å². The first-order valence-electron chi connectivity index (χ1n) is 6.65. The second-order valence-corrected chi connectivity index (χ2v) is 4.69. The number of aryl methyl sites for hydroxylation is 1. The van der Waals surface area contributed by atoms with Crippen LogP contribution in [0.15, 0.2) is 42.5 Å². The van der Waals surface area contributed by atoms with E-state index in [2.05, 4.69) is 0 Å². The van der Waals surface area contributed by atoms with Crippen LogP contribution in [0.1, 0.15) is 34.0 Å². The van der Waals surface area contributed by atoms with E-state index in [0.717, 1.165) is 23.1 Å². The smallest absolute Gasteiger partial charge is 0.170 e. The Bertz CT molecular complexity index is 620. The van der Waals surface area contributed by atoms with Crippen LogP contribution in [0.3, 0.4) is 0 Å². The fourth-order valence-corrected chi connectivity index (χ4v) is 2.23. The lowest BCUT2D eigenvalue weighted by atomic mass is 9.95. The van der Waals surface area contributed by atoms with E-state index in [1.165, 1.54) is 12.1 Å². The number of carbonyl (C=O) groups excluding carboxylic acids is 1. The Morgan fingerprint density at radius 1 is 1.15 bits per heavy atom. The summed E-state index contributed by atoms with van der Waals surface area (Å²) in [4.78, 5) is 12.2. The molecule has 3 heteroatoms. The van der Waals surface area contributed by atoms with E-state index in [4.69, 9.17) is 5.11 Å². The zero-order chi connectivity index (χ0) is 14.5. The molecule has 1 N–H and O–H groups in total. The molecule has 2 aromatic carbocycles. The molecule has 104 valence electrons. The average Bonchev–Trinajstić information content (AvgIpc) is 2.48. The number of hydrogen-bond donors (Lipinski definition) is 1. The van der Waals surface area contributed by atoms with Gasteiger partial charge in [0.05, 0.1) is 12.2 Å². The normalized spacial score (nSPS) is 10.6. The van der Waals surface area contributed by atoms with E-state index >= 15 is 0 Å². The first kappa shape index (κ1) is 14.4. The van der Waals surface area contributed by atoms with Crippen LogP contribution in [0.5, 0.6) is 0 Å². The number of aliphatic hydroxyl groups excluding tert-OH is 1. The summed E-state index contributed by atoms with van der Waals surface area (Å²) in [6, 6.07) is 11.6. The topological polar surface area (TPSA) is 37.3 Å². The fourth-order valence-electron chi connectivity index (χ4n) is 2.23. The van der Waals surface area contributed by atoms with Gasteiger partial charge in [0.15, 0.2) is 5.78 Å². The molecule has 0 aliphatic carbocycles. The molecule has 0 saturated heterocycles. The molecule has 0 aromatic heterocycles. The molecule has 0 bridgehead atoms. The highest BCUT2D eigenvalue weighted by atomic mass is 19.1. The lowest BCUT2D eigenvalue weighted by molar-refractivity contribution is 0.0989. The van der Waals surface area contributed by atoms with Gasteiger partial charge in [-0.3, -0.25) is 4.79 Å². The van der Waals surface area contributed by atoms with Crippen molar-refractivity contribution in [3.63, 3.8) is 0 Å². The number of hydrogen-bond acceptors (Lipinski definition) is 2. The van der Waals surface area contributed by atoms with Gasteiger partial charge in [0, 0.05) is 6.42 Å². The van der Waals surface area contributed by atoms with Gasteiger partial charge in [0.25, 0.3) is 0 Å². The highest BCUT2D eigenvalue weighted by Crippen LogP contribution is 2.17. The minimum atomic E-state index is -0.484. The predicted molar refractivity (Wildman–Crippen MR) is 76.2 cm³/mol. The van der Waals surface area contributed by atoms with Crippen molar-refractivity contribution < 1.29 is 14.3 Å². The Kier molecular flexibility index (Phi) is 4.64. The van der Waals surface area contributed by atoms with E-state index < -0.39 is 5.82 Å². The van der Waals surface area contributed by atoms with E-state index in [9.17, 15) is 9.18 Å². The molecule has 0 heterocycles. The number of halogens is 1. The van der Waals surface area contributed by atoms with Crippen molar-refractivity contribution in [3.8, 4) is 0 Å². The molecular weight excluding hydrogens is 255 g/mol. The van der Waals surface area contributed by atoms with Gasteiger partial charge in [-0.1, -0.05) is 37.3 Å². The first-order valence-corrected chi connectivity index (χ1v) is 6.65. The highest BCUT2D eigenvalue weighted by Gasteiger charge is 2.13. The third-order valence-electron chi connectivity index (χ3n) is 3.36. The Hall–Kier alpha value is -2.00. The van der Waals surface area contributed by atoms with E-state index in [1.807, 2.05) is 19.1 Å². The zero-order valence-electron chi connectivity index (χ0n) is 11.4. The summed E-state index contributed by atoms with van der Waals surface area (Å²) in [5.74, 6) is -0.711. The van der Waals surface area contributed by atoms with Crippen LogP contribution >= 0.6 is 0 Å². The van der Waals surface area contributed by atoms with E-state index in [0.29, 0.717) is 0 Å². The summed E-state index contributed by atoms with van der Waals surface area (Å²) in [6.45, 7) is 1.97. The van der Waals surface area contributed by atoms with E-state index in [-0.39, 0.29) is 24.4 Å². The van der Waals surface area contributed by atoms with Gasteiger partial charge in [0.2, 0.25) is 0 Å². The number of Topliss-reactive ketones (excluding diaryl/α,β-unsaturated/α-hetero) is 1. The zero-order valence-corrected chi connectivity index (χ0v) is 11.4. The molecule has 0 saturated carbocycles. The summed E-state index contributed by atoms with van der Waals surface area (Å²) < 4.78 is 13.6. The lowest BCUT2D eigenvalue weighted by Crippen LogP contribution is -2.08. The highest BCUT2D eigenvalue weighted by molar-refractivity contribution is 5.97. The van der Waals surface area contributed by atoms with Crippen molar-refractivity contribution >= 4 is 5.78 Å². The maximum absolute atomic E-state index is 13.6. The van der Waals surface area contributed by atoms with Crippen molar-refractivity contribution in [1.29, 1.82) is 0 Å². The maximum Gasteiger partial charge on any atom is 0.170 e. The van der Waals surface area contributed by atoms with Gasteiger partial charge in [-0.15, -0.1) is 0 Å². The van der Waals surface area contributed by atoms with Crippen molar-refractivity contribution in [2.24, 2.45) is 0 Å². The molecule has 2 aromatic rings. The molecule has 0 unspecified atom stereocenters. The van der Waals surface area contributed by atoms with Crippen LogP contribution < -0.4 is 0 Å². The molecule has 2 nitrogen and oxygen atoms in total. The van der Waals surface area contributed by atoms with Crippen LogP contribution in [-0.4, -0.2) is 10.9 Å². The number of benzene rings is 2. The Balaban J connectivity index is 2.26. The number of carbonyl (C=O) groups is 1. The monoisotopic (exact) mass is 272 g/mol. The van der Waals surface area contributed by atoms with Crippen molar-refractivity contribution in [2.75, 3.05) is 0 Å². The van der Waals surface area contributed by atoms with Gasteiger partial charge in [0.1, 0.15) is 5.82 Å². The van der Waals surface area contributed by atoms with Crippen LogP contribution in [0.2, 0.25) is 0 Å². The summed E-state index contributed by atoms with van der Waals surface area (Å²) in [5.41, 5.74) is 2.85. The Labute approximate surface area is 117 Å². The summed E-state index contributed by atoms with van der Waals surface area (Å²) in [5, 5.41) is 9.13. The average molecular weight is 272 g/mol. The molecule has 0 fully saturated rings. The second kappa shape index (κ2) is 6.44. The van der Waals surface area contributed by atoms with Gasteiger partial charge < -0.3 is 5.11 Å². The van der Waals surface area contributed by atoms with Crippen LogP contribution in [0, 0.1) is 5.82 Å². The molecule has 0 amide bonds. The minimum Gasteiger partial charge on any atom is -0.392 e.